The summed E-state index contributed by atoms with van der Waals surface area (Å²) in [5.41, 5.74) is 0.430. The first-order valence-electron chi connectivity index (χ1n) is 8.95. The van der Waals surface area contributed by atoms with Crippen LogP contribution in [0.3, 0.4) is 0 Å². The van der Waals surface area contributed by atoms with Gasteiger partial charge in [-0.15, -0.1) is 0 Å². The molecule has 1 aliphatic rings. The summed E-state index contributed by atoms with van der Waals surface area (Å²) in [6, 6.07) is 0. The molecule has 27 heavy (non-hydrogen) atoms. The van der Waals surface area contributed by atoms with Crippen LogP contribution in [0, 0.1) is 0 Å². The second-order valence-electron chi connectivity index (χ2n) is 6.43. The lowest BCUT2D eigenvalue weighted by molar-refractivity contribution is -0.160. The average Bonchev–Trinajstić information content (AvgIpc) is 2.69. The zero-order valence-electron chi connectivity index (χ0n) is 16.2. The van der Waals surface area contributed by atoms with E-state index in [1.807, 2.05) is 12.2 Å². The zero-order valence-corrected chi connectivity index (χ0v) is 16.2. The van der Waals surface area contributed by atoms with Gasteiger partial charge in [0.05, 0.1) is 7.11 Å². The van der Waals surface area contributed by atoms with Crippen molar-refractivity contribution in [3.63, 3.8) is 0 Å². The van der Waals surface area contributed by atoms with Crippen molar-refractivity contribution < 1.29 is 14.3 Å². The van der Waals surface area contributed by atoms with Crippen LogP contribution in [-0.2, 0) is 14.3 Å². The van der Waals surface area contributed by atoms with Crippen molar-refractivity contribution in [2.75, 3.05) is 26.7 Å². The lowest BCUT2D eigenvalue weighted by Crippen LogP contribution is -2.59. The monoisotopic (exact) mass is 370 g/mol. The number of rotatable bonds is 11. The van der Waals surface area contributed by atoms with Gasteiger partial charge in [0.15, 0.2) is 0 Å². The first kappa shape index (κ1) is 22.4. The summed E-state index contributed by atoms with van der Waals surface area (Å²) in [5, 5.41) is 0. The molecule has 0 spiro atoms. The highest BCUT2D eigenvalue weighted by molar-refractivity contribution is 5.84. The molecule has 0 radical (unpaired) electrons. The highest BCUT2D eigenvalue weighted by Crippen LogP contribution is 2.32. The van der Waals surface area contributed by atoms with Crippen molar-refractivity contribution >= 4 is 12.4 Å². The third kappa shape index (κ3) is 5.93. The van der Waals surface area contributed by atoms with Gasteiger partial charge in [0.25, 0.3) is 0 Å². The molecule has 0 unspecified atom stereocenters. The molecular formula is C22H30N2O3. The minimum atomic E-state index is -1.03. The molecule has 0 aromatic rings. The lowest BCUT2D eigenvalue weighted by Gasteiger charge is -2.45. The van der Waals surface area contributed by atoms with Crippen molar-refractivity contribution in [1.82, 2.24) is 9.80 Å². The summed E-state index contributed by atoms with van der Waals surface area (Å²) in [5.74, 6) is -0.416. The number of hydrogen-bond donors (Lipinski definition) is 0. The summed E-state index contributed by atoms with van der Waals surface area (Å²) in [7, 11) is 1.34. The van der Waals surface area contributed by atoms with E-state index in [0.717, 1.165) is 18.5 Å². The average molecular weight is 370 g/mol. The van der Waals surface area contributed by atoms with Crippen molar-refractivity contribution in [2.45, 2.75) is 24.8 Å². The minimum absolute atomic E-state index is 0.416. The number of carbonyl (C=O) groups excluding carboxylic acids is 2. The van der Waals surface area contributed by atoms with Crippen molar-refractivity contribution in [3.05, 3.63) is 74.0 Å². The van der Waals surface area contributed by atoms with E-state index in [1.54, 1.807) is 24.3 Å². The Hall–Kier alpha value is -2.66. The SMILES string of the molecule is C=C/C=C\C(=C)CCN1CCC(C(=O)OC)(N(C=O)C(=C)/C=C\C=C)CC1. The smallest absolute Gasteiger partial charge is 0.332 e. The summed E-state index contributed by atoms with van der Waals surface area (Å²) < 4.78 is 5.03. The van der Waals surface area contributed by atoms with E-state index in [-0.39, 0.29) is 0 Å². The Morgan fingerprint density at radius 3 is 2.26 bits per heavy atom. The van der Waals surface area contributed by atoms with Gasteiger partial charge in [-0.3, -0.25) is 9.69 Å². The van der Waals surface area contributed by atoms with Gasteiger partial charge in [0, 0.05) is 25.3 Å². The number of hydrogen-bond acceptors (Lipinski definition) is 4. The standard InChI is InChI=1S/C22H30N2O3/c1-6-8-10-19(3)12-15-23-16-13-22(14-17-23,21(26)27-5)24(18-25)20(4)11-9-7-2/h6-11,18H,1-4,12-17H2,5H3/b10-8-,11-9-. The Bertz CT molecular complexity index is 638. The second kappa shape index (κ2) is 11.1. The molecule has 0 aliphatic carbocycles. The van der Waals surface area contributed by atoms with E-state index >= 15 is 0 Å². The number of ether oxygens (including phenoxy) is 1. The van der Waals surface area contributed by atoms with E-state index in [1.165, 1.54) is 12.0 Å². The molecule has 1 heterocycles. The third-order valence-corrected chi connectivity index (χ3v) is 4.77. The molecule has 5 heteroatoms. The summed E-state index contributed by atoms with van der Waals surface area (Å²) in [6.07, 6.45) is 12.9. The van der Waals surface area contributed by atoms with Gasteiger partial charge in [-0.1, -0.05) is 62.3 Å². The summed E-state index contributed by atoms with van der Waals surface area (Å²) >= 11 is 0. The normalized spacial score (nSPS) is 16.8. The molecular weight excluding hydrogens is 340 g/mol. The highest BCUT2D eigenvalue weighted by Gasteiger charge is 2.47. The van der Waals surface area contributed by atoms with Gasteiger partial charge in [0.1, 0.15) is 5.54 Å². The number of methoxy groups -OCH3 is 1. The molecule has 1 fully saturated rings. The van der Waals surface area contributed by atoms with Crippen LogP contribution in [0.2, 0.25) is 0 Å². The number of esters is 1. The maximum atomic E-state index is 12.6. The Morgan fingerprint density at radius 2 is 1.74 bits per heavy atom. The van der Waals surface area contributed by atoms with Gasteiger partial charge in [-0.2, -0.15) is 0 Å². The van der Waals surface area contributed by atoms with Crippen LogP contribution in [0.4, 0.5) is 0 Å². The fourth-order valence-electron chi connectivity index (χ4n) is 3.17. The van der Waals surface area contributed by atoms with E-state index < -0.39 is 11.5 Å². The molecule has 0 N–H and O–H groups in total. The number of amides is 1. The maximum absolute atomic E-state index is 12.6. The first-order valence-corrected chi connectivity index (χ1v) is 8.95. The van der Waals surface area contributed by atoms with Crippen LogP contribution in [0.5, 0.6) is 0 Å². The van der Waals surface area contributed by atoms with Gasteiger partial charge < -0.3 is 9.64 Å². The van der Waals surface area contributed by atoms with Gasteiger partial charge in [-0.25, -0.2) is 4.79 Å². The molecule has 1 saturated heterocycles. The van der Waals surface area contributed by atoms with E-state index in [9.17, 15) is 9.59 Å². The molecule has 0 saturated carbocycles. The van der Waals surface area contributed by atoms with Gasteiger partial charge >= 0.3 is 5.97 Å². The summed E-state index contributed by atoms with van der Waals surface area (Å²) in [6.45, 7) is 17.4. The number of allylic oxidation sites excluding steroid dienone is 6. The molecule has 1 amide bonds. The van der Waals surface area contributed by atoms with Crippen LogP contribution in [0.15, 0.2) is 74.0 Å². The van der Waals surface area contributed by atoms with Crippen LogP contribution < -0.4 is 0 Å². The Labute approximate surface area is 162 Å². The summed E-state index contributed by atoms with van der Waals surface area (Å²) in [4.78, 5) is 28.0. The zero-order chi connectivity index (χ0) is 20.3. The lowest BCUT2D eigenvalue weighted by atomic mass is 9.85. The molecule has 0 bridgehead atoms. The number of nitrogens with zero attached hydrogens (tertiary/aromatic N) is 2. The van der Waals surface area contributed by atoms with Crippen molar-refractivity contribution in [2.24, 2.45) is 0 Å². The predicted octanol–water partition coefficient (Wildman–Crippen LogP) is 3.40. The predicted molar refractivity (Wildman–Crippen MR) is 110 cm³/mol. The Morgan fingerprint density at radius 1 is 1.15 bits per heavy atom. The van der Waals surface area contributed by atoms with Gasteiger partial charge in [-0.05, 0) is 25.3 Å². The van der Waals surface area contributed by atoms with Crippen LogP contribution in [0.25, 0.3) is 0 Å². The number of carbonyl (C=O) groups is 2. The highest BCUT2D eigenvalue weighted by atomic mass is 16.5. The van der Waals surface area contributed by atoms with Crippen molar-refractivity contribution in [1.29, 1.82) is 0 Å². The largest absolute Gasteiger partial charge is 0.467 e. The quantitative estimate of drug-likeness (QED) is 0.318. The third-order valence-electron chi connectivity index (χ3n) is 4.77. The Kier molecular flexibility index (Phi) is 9.23. The Balaban J connectivity index is 2.86. The van der Waals surface area contributed by atoms with E-state index in [0.29, 0.717) is 38.0 Å². The van der Waals surface area contributed by atoms with Crippen molar-refractivity contribution in [3.8, 4) is 0 Å². The molecule has 0 atom stereocenters. The van der Waals surface area contributed by atoms with Crippen LogP contribution in [0.1, 0.15) is 19.3 Å². The van der Waals surface area contributed by atoms with E-state index in [4.69, 9.17) is 4.74 Å². The number of likely N-dealkylation sites (tertiary alicyclic amines) is 1. The minimum Gasteiger partial charge on any atom is -0.467 e. The van der Waals surface area contributed by atoms with Crippen LogP contribution in [-0.4, -0.2) is 54.5 Å². The molecule has 1 rings (SSSR count). The molecule has 1 aliphatic heterocycles. The molecule has 5 nitrogen and oxygen atoms in total. The second-order valence-corrected chi connectivity index (χ2v) is 6.43. The molecule has 146 valence electrons. The fraction of sp³-hybridized carbons (Fsp3) is 0.364. The molecule has 0 aromatic carbocycles. The maximum Gasteiger partial charge on any atom is 0.332 e. The fourth-order valence-corrected chi connectivity index (χ4v) is 3.17. The van der Waals surface area contributed by atoms with E-state index in [2.05, 4.69) is 31.2 Å². The topological polar surface area (TPSA) is 49.9 Å². The first-order chi connectivity index (χ1) is 12.9. The van der Waals surface area contributed by atoms with Crippen LogP contribution >= 0.6 is 0 Å². The number of piperidine rings is 1. The molecule has 0 aromatic heterocycles. The van der Waals surface area contributed by atoms with Gasteiger partial charge in [0.2, 0.25) is 6.41 Å².